The van der Waals surface area contributed by atoms with Gasteiger partial charge in [0.2, 0.25) is 0 Å². The Morgan fingerprint density at radius 3 is 3.00 bits per heavy atom. The molecule has 0 bridgehead atoms. The van der Waals surface area contributed by atoms with Crippen molar-refractivity contribution in [2.75, 3.05) is 0 Å². The van der Waals surface area contributed by atoms with Crippen molar-refractivity contribution in [2.45, 2.75) is 51.1 Å². The molecule has 2 aliphatic carbocycles. The summed E-state index contributed by atoms with van der Waals surface area (Å²) in [5, 5.41) is 3.80. The van der Waals surface area contributed by atoms with Gasteiger partial charge >= 0.3 is 0 Å². The summed E-state index contributed by atoms with van der Waals surface area (Å²) in [5.41, 5.74) is 1.49. The van der Waals surface area contributed by atoms with Gasteiger partial charge in [-0.3, -0.25) is 0 Å². The molecule has 1 nitrogen and oxygen atoms in total. The van der Waals surface area contributed by atoms with E-state index < -0.39 is 0 Å². The first-order valence-electron chi connectivity index (χ1n) is 6.26. The average Bonchev–Trinajstić information content (AvgIpc) is 2.57. The molecule has 1 aromatic rings. The third-order valence-corrected chi connectivity index (χ3v) is 5.23. The molecule has 88 valence electrons. The second kappa shape index (κ2) is 4.32. The van der Waals surface area contributed by atoms with Crippen LogP contribution in [0.15, 0.2) is 6.07 Å². The summed E-state index contributed by atoms with van der Waals surface area (Å²) >= 11 is 7.89. The van der Waals surface area contributed by atoms with Gasteiger partial charge in [-0.15, -0.1) is 11.3 Å². The highest BCUT2D eigenvalue weighted by molar-refractivity contribution is 7.16. The first-order chi connectivity index (χ1) is 7.72. The fourth-order valence-electron chi connectivity index (χ4n) is 3.02. The normalized spacial score (nSPS) is 33.2. The van der Waals surface area contributed by atoms with E-state index in [1.807, 2.05) is 0 Å². The zero-order valence-electron chi connectivity index (χ0n) is 9.63. The lowest BCUT2D eigenvalue weighted by Crippen LogP contribution is -2.42. The molecule has 0 saturated heterocycles. The Labute approximate surface area is 106 Å². The van der Waals surface area contributed by atoms with Gasteiger partial charge in [-0.05, 0) is 49.7 Å². The molecule has 0 aliphatic heterocycles. The number of halogens is 1. The first-order valence-corrected chi connectivity index (χ1v) is 7.46. The minimum Gasteiger partial charge on any atom is -0.307 e. The third-order valence-electron chi connectivity index (χ3n) is 3.89. The quantitative estimate of drug-likeness (QED) is 0.837. The minimum atomic E-state index is 0.574. The Bertz CT molecular complexity index is 381. The van der Waals surface area contributed by atoms with Crippen LogP contribution in [0.4, 0.5) is 0 Å². The number of rotatable bonds is 2. The molecule has 1 atom stereocenters. The monoisotopic (exact) mass is 255 g/mol. The van der Waals surface area contributed by atoms with Crippen molar-refractivity contribution in [1.82, 2.24) is 5.32 Å². The van der Waals surface area contributed by atoms with Crippen molar-refractivity contribution >= 4 is 22.9 Å². The van der Waals surface area contributed by atoms with E-state index in [2.05, 4.69) is 18.3 Å². The van der Waals surface area contributed by atoms with E-state index in [0.29, 0.717) is 6.04 Å². The molecule has 1 fully saturated rings. The van der Waals surface area contributed by atoms with Crippen molar-refractivity contribution in [3.05, 3.63) is 20.8 Å². The molecule has 1 aromatic heterocycles. The molecule has 0 aromatic carbocycles. The molecule has 3 heteroatoms. The molecule has 16 heavy (non-hydrogen) atoms. The van der Waals surface area contributed by atoms with E-state index in [-0.39, 0.29) is 0 Å². The van der Waals surface area contributed by atoms with E-state index in [9.17, 15) is 0 Å². The second-order valence-corrected chi connectivity index (χ2v) is 7.08. The summed E-state index contributed by atoms with van der Waals surface area (Å²) in [6.07, 6.45) is 6.52. The van der Waals surface area contributed by atoms with Crippen LogP contribution in [0.5, 0.6) is 0 Å². The van der Waals surface area contributed by atoms with E-state index >= 15 is 0 Å². The summed E-state index contributed by atoms with van der Waals surface area (Å²) in [6, 6.07) is 3.51. The van der Waals surface area contributed by atoms with Gasteiger partial charge < -0.3 is 5.32 Å². The summed E-state index contributed by atoms with van der Waals surface area (Å²) < 4.78 is 0.959. The molecular weight excluding hydrogens is 238 g/mol. The molecule has 2 aliphatic rings. The number of hydrogen-bond acceptors (Lipinski definition) is 2. The highest BCUT2D eigenvalue weighted by atomic mass is 35.5. The van der Waals surface area contributed by atoms with Crippen molar-refractivity contribution in [2.24, 2.45) is 5.92 Å². The maximum absolute atomic E-state index is 6.11. The predicted molar refractivity (Wildman–Crippen MR) is 70.3 cm³/mol. The van der Waals surface area contributed by atoms with Gasteiger partial charge in [0, 0.05) is 17.0 Å². The Kier molecular flexibility index (Phi) is 2.99. The van der Waals surface area contributed by atoms with Gasteiger partial charge in [0.15, 0.2) is 0 Å². The largest absolute Gasteiger partial charge is 0.307 e. The summed E-state index contributed by atoms with van der Waals surface area (Å²) in [6.45, 7) is 2.34. The molecule has 0 amide bonds. The zero-order chi connectivity index (χ0) is 11.1. The number of hydrogen-bond donors (Lipinski definition) is 1. The summed E-state index contributed by atoms with van der Waals surface area (Å²) in [4.78, 5) is 1.51. The van der Waals surface area contributed by atoms with Crippen LogP contribution in [-0.2, 0) is 6.42 Å². The fraction of sp³-hybridized carbons (Fsp3) is 0.692. The van der Waals surface area contributed by atoms with Gasteiger partial charge in [0.05, 0.1) is 4.34 Å². The molecular formula is C13H18ClNS. The van der Waals surface area contributed by atoms with Gasteiger partial charge in [0.1, 0.15) is 0 Å². The molecule has 3 rings (SSSR count). The highest BCUT2D eigenvalue weighted by Crippen LogP contribution is 2.39. The van der Waals surface area contributed by atoms with E-state index in [1.54, 1.807) is 11.3 Å². The van der Waals surface area contributed by atoms with E-state index in [1.165, 1.54) is 42.5 Å². The van der Waals surface area contributed by atoms with Crippen molar-refractivity contribution in [3.8, 4) is 0 Å². The van der Waals surface area contributed by atoms with Crippen LogP contribution < -0.4 is 5.32 Å². The van der Waals surface area contributed by atoms with E-state index in [0.717, 1.165) is 16.3 Å². The number of nitrogens with one attached hydrogen (secondary N) is 1. The van der Waals surface area contributed by atoms with Crippen LogP contribution in [0, 0.1) is 5.92 Å². The van der Waals surface area contributed by atoms with Gasteiger partial charge in [0.25, 0.3) is 0 Å². The van der Waals surface area contributed by atoms with Gasteiger partial charge in [-0.2, -0.15) is 0 Å². The maximum Gasteiger partial charge on any atom is 0.0934 e. The lowest BCUT2D eigenvalue weighted by molar-refractivity contribution is 0.216. The van der Waals surface area contributed by atoms with Crippen molar-refractivity contribution in [1.29, 1.82) is 0 Å². The Morgan fingerprint density at radius 1 is 1.44 bits per heavy atom. The standard InChI is InChI=1S/C13H18ClNS/c1-8-5-9(6-8)15-11-3-2-4-12-10(11)7-13(14)16-12/h7-9,11,15H,2-6H2,1H3. The second-order valence-electron chi connectivity index (χ2n) is 5.31. The first kappa shape index (κ1) is 11.1. The Morgan fingerprint density at radius 2 is 2.25 bits per heavy atom. The molecule has 0 spiro atoms. The number of fused-ring (bicyclic) bond motifs is 1. The van der Waals surface area contributed by atoms with Crippen LogP contribution in [0.1, 0.15) is 49.1 Å². The SMILES string of the molecule is CC1CC(NC2CCCc3sc(Cl)cc32)C1. The van der Waals surface area contributed by atoms with Crippen LogP contribution in [0.2, 0.25) is 4.34 Å². The lowest BCUT2D eigenvalue weighted by atomic mass is 9.80. The smallest absolute Gasteiger partial charge is 0.0934 e. The third kappa shape index (κ3) is 2.03. The molecule has 1 unspecified atom stereocenters. The molecule has 0 radical (unpaired) electrons. The van der Waals surface area contributed by atoms with Crippen LogP contribution >= 0.6 is 22.9 Å². The minimum absolute atomic E-state index is 0.574. The lowest BCUT2D eigenvalue weighted by Gasteiger charge is -2.37. The van der Waals surface area contributed by atoms with Crippen LogP contribution in [-0.4, -0.2) is 6.04 Å². The van der Waals surface area contributed by atoms with Crippen LogP contribution in [0.3, 0.4) is 0 Å². The average molecular weight is 256 g/mol. The summed E-state index contributed by atoms with van der Waals surface area (Å²) in [7, 11) is 0. The fourth-order valence-corrected chi connectivity index (χ4v) is 4.40. The molecule has 1 heterocycles. The Balaban J connectivity index is 1.72. The van der Waals surface area contributed by atoms with Crippen LogP contribution in [0.25, 0.3) is 0 Å². The predicted octanol–water partition coefficient (Wildman–Crippen LogP) is 4.17. The van der Waals surface area contributed by atoms with Gasteiger partial charge in [-0.1, -0.05) is 18.5 Å². The van der Waals surface area contributed by atoms with Crippen molar-refractivity contribution in [3.63, 3.8) is 0 Å². The number of thiophene rings is 1. The maximum atomic E-state index is 6.11. The molecule has 1 saturated carbocycles. The van der Waals surface area contributed by atoms with Gasteiger partial charge in [-0.25, -0.2) is 0 Å². The van der Waals surface area contributed by atoms with E-state index in [4.69, 9.17) is 11.6 Å². The number of aryl methyl sites for hydroxylation is 1. The molecule has 1 N–H and O–H groups in total. The zero-order valence-corrected chi connectivity index (χ0v) is 11.2. The topological polar surface area (TPSA) is 12.0 Å². The Hall–Kier alpha value is -0.0500. The van der Waals surface area contributed by atoms with Crippen molar-refractivity contribution < 1.29 is 0 Å². The highest BCUT2D eigenvalue weighted by Gasteiger charge is 2.30. The summed E-state index contributed by atoms with van der Waals surface area (Å²) in [5.74, 6) is 0.923.